The highest BCUT2D eigenvalue weighted by molar-refractivity contribution is 5.14. The van der Waals surface area contributed by atoms with Crippen molar-refractivity contribution in [2.45, 2.75) is 26.8 Å². The van der Waals surface area contributed by atoms with Gasteiger partial charge < -0.3 is 4.74 Å². The Morgan fingerprint density at radius 3 is 2.50 bits per heavy atom. The molecule has 0 radical (unpaired) electrons. The maximum absolute atomic E-state index is 5.62. The minimum atomic E-state index is 0.721. The Bertz CT molecular complexity index is 338. The van der Waals surface area contributed by atoms with Crippen molar-refractivity contribution in [1.29, 1.82) is 0 Å². The minimum absolute atomic E-state index is 0.721. The maximum atomic E-state index is 5.62. The van der Waals surface area contributed by atoms with Gasteiger partial charge in [0.2, 0.25) is 0 Å². The van der Waals surface area contributed by atoms with Crippen LogP contribution in [0.5, 0.6) is 0 Å². The molecular formula is C16H25NO. The van der Waals surface area contributed by atoms with E-state index in [9.17, 15) is 0 Å². The van der Waals surface area contributed by atoms with Gasteiger partial charge in [-0.3, -0.25) is 4.90 Å². The number of benzene rings is 1. The van der Waals surface area contributed by atoms with Crippen molar-refractivity contribution >= 4 is 0 Å². The topological polar surface area (TPSA) is 12.5 Å². The average molecular weight is 247 g/mol. The number of likely N-dealkylation sites (tertiary alicyclic amines) is 1. The fourth-order valence-corrected chi connectivity index (χ4v) is 2.93. The van der Waals surface area contributed by atoms with Crippen LogP contribution in [0.1, 0.15) is 25.8 Å². The van der Waals surface area contributed by atoms with Gasteiger partial charge in [-0.05, 0) is 24.3 Å². The molecule has 100 valence electrons. The minimum Gasteiger partial charge on any atom is -0.381 e. The Balaban J connectivity index is 1.88. The van der Waals surface area contributed by atoms with Gasteiger partial charge in [-0.1, -0.05) is 43.7 Å². The van der Waals surface area contributed by atoms with Gasteiger partial charge in [0.1, 0.15) is 0 Å². The van der Waals surface area contributed by atoms with Gasteiger partial charge in [0.05, 0.1) is 6.61 Å². The van der Waals surface area contributed by atoms with E-state index in [1.54, 1.807) is 0 Å². The highest BCUT2D eigenvalue weighted by atomic mass is 16.5. The van der Waals surface area contributed by atoms with Gasteiger partial charge >= 0.3 is 0 Å². The highest BCUT2D eigenvalue weighted by Crippen LogP contribution is 2.27. The van der Waals surface area contributed by atoms with Crippen molar-refractivity contribution in [3.05, 3.63) is 35.9 Å². The summed E-state index contributed by atoms with van der Waals surface area (Å²) in [6, 6.07) is 10.8. The zero-order valence-corrected chi connectivity index (χ0v) is 11.6. The van der Waals surface area contributed by atoms with E-state index in [0.717, 1.165) is 31.6 Å². The first kappa shape index (κ1) is 13.6. The summed E-state index contributed by atoms with van der Waals surface area (Å²) < 4.78 is 5.62. The summed E-state index contributed by atoms with van der Waals surface area (Å²) in [5, 5.41) is 0. The predicted octanol–water partition coefficient (Wildman–Crippen LogP) is 3.18. The van der Waals surface area contributed by atoms with Crippen LogP contribution in [0, 0.1) is 11.8 Å². The Labute approximate surface area is 111 Å². The lowest BCUT2D eigenvalue weighted by atomic mass is 9.95. The maximum Gasteiger partial charge on any atom is 0.0509 e. The third kappa shape index (κ3) is 3.56. The lowest BCUT2D eigenvalue weighted by molar-refractivity contribution is 0.0982. The Hall–Kier alpha value is -0.860. The fraction of sp³-hybridized carbons (Fsp3) is 0.625. The number of rotatable bonds is 6. The Morgan fingerprint density at radius 2 is 1.83 bits per heavy atom. The van der Waals surface area contributed by atoms with Crippen molar-refractivity contribution in [1.82, 2.24) is 4.90 Å². The van der Waals surface area contributed by atoms with Gasteiger partial charge in [0.15, 0.2) is 0 Å². The lowest BCUT2D eigenvalue weighted by Gasteiger charge is -2.16. The van der Waals surface area contributed by atoms with E-state index in [1.807, 2.05) is 0 Å². The summed E-state index contributed by atoms with van der Waals surface area (Å²) in [5.41, 5.74) is 1.42. The van der Waals surface area contributed by atoms with E-state index in [1.165, 1.54) is 25.1 Å². The second-order valence-corrected chi connectivity index (χ2v) is 5.27. The molecule has 1 aromatic rings. The predicted molar refractivity (Wildman–Crippen MR) is 75.5 cm³/mol. The summed E-state index contributed by atoms with van der Waals surface area (Å²) >= 11 is 0. The molecule has 2 unspecified atom stereocenters. The number of ether oxygens (including phenoxy) is 1. The van der Waals surface area contributed by atoms with Crippen LogP contribution in [0.15, 0.2) is 30.3 Å². The van der Waals surface area contributed by atoms with Crippen LogP contribution in [0.3, 0.4) is 0 Å². The van der Waals surface area contributed by atoms with Crippen molar-refractivity contribution in [2.75, 3.05) is 26.3 Å². The molecule has 0 bridgehead atoms. The van der Waals surface area contributed by atoms with E-state index in [4.69, 9.17) is 4.74 Å². The van der Waals surface area contributed by atoms with Gasteiger partial charge in [-0.15, -0.1) is 0 Å². The third-order valence-corrected chi connectivity index (χ3v) is 3.96. The SMILES string of the molecule is CCOCC1CN(Cc2ccccc2)CC1CC. The van der Waals surface area contributed by atoms with E-state index in [2.05, 4.69) is 49.1 Å². The largest absolute Gasteiger partial charge is 0.381 e. The summed E-state index contributed by atoms with van der Waals surface area (Å²) in [7, 11) is 0. The number of hydrogen-bond donors (Lipinski definition) is 0. The summed E-state index contributed by atoms with van der Waals surface area (Å²) in [6.45, 7) is 9.65. The molecule has 2 heteroatoms. The van der Waals surface area contributed by atoms with Crippen LogP contribution in [0.25, 0.3) is 0 Å². The molecule has 1 aliphatic heterocycles. The lowest BCUT2D eigenvalue weighted by Crippen LogP contribution is -2.21. The molecule has 18 heavy (non-hydrogen) atoms. The molecule has 1 fully saturated rings. The van der Waals surface area contributed by atoms with Gasteiger partial charge in [0.25, 0.3) is 0 Å². The van der Waals surface area contributed by atoms with Crippen LogP contribution >= 0.6 is 0 Å². The van der Waals surface area contributed by atoms with Crippen molar-refractivity contribution in [2.24, 2.45) is 11.8 Å². The first-order valence-corrected chi connectivity index (χ1v) is 7.17. The van der Waals surface area contributed by atoms with E-state index in [0.29, 0.717) is 0 Å². The second kappa shape index (κ2) is 6.91. The zero-order valence-electron chi connectivity index (χ0n) is 11.6. The first-order valence-electron chi connectivity index (χ1n) is 7.17. The summed E-state index contributed by atoms with van der Waals surface area (Å²) in [4.78, 5) is 2.58. The molecule has 0 aromatic heterocycles. The number of nitrogens with zero attached hydrogens (tertiary/aromatic N) is 1. The van der Waals surface area contributed by atoms with Gasteiger partial charge in [-0.2, -0.15) is 0 Å². The zero-order chi connectivity index (χ0) is 12.8. The molecule has 2 nitrogen and oxygen atoms in total. The Kier molecular flexibility index (Phi) is 5.21. The average Bonchev–Trinajstić information content (AvgIpc) is 2.79. The molecule has 0 saturated carbocycles. The molecule has 0 amide bonds. The van der Waals surface area contributed by atoms with Crippen molar-refractivity contribution in [3.63, 3.8) is 0 Å². The van der Waals surface area contributed by atoms with Crippen LogP contribution in [0.4, 0.5) is 0 Å². The smallest absolute Gasteiger partial charge is 0.0509 e. The molecular weight excluding hydrogens is 222 g/mol. The molecule has 2 atom stereocenters. The van der Waals surface area contributed by atoms with Crippen LogP contribution < -0.4 is 0 Å². The van der Waals surface area contributed by atoms with Crippen molar-refractivity contribution in [3.8, 4) is 0 Å². The van der Waals surface area contributed by atoms with Crippen molar-refractivity contribution < 1.29 is 4.74 Å². The van der Waals surface area contributed by atoms with E-state index in [-0.39, 0.29) is 0 Å². The standard InChI is InChI=1S/C16H25NO/c1-3-15-11-17(12-16(15)13-18-4-2)10-14-8-6-5-7-9-14/h5-9,15-16H,3-4,10-13H2,1-2H3. The molecule has 1 heterocycles. The summed E-state index contributed by atoms with van der Waals surface area (Å²) in [6.07, 6.45) is 1.27. The quantitative estimate of drug-likeness (QED) is 0.765. The third-order valence-electron chi connectivity index (χ3n) is 3.96. The second-order valence-electron chi connectivity index (χ2n) is 5.27. The number of hydrogen-bond acceptors (Lipinski definition) is 2. The van der Waals surface area contributed by atoms with Crippen LogP contribution in [0.2, 0.25) is 0 Å². The monoisotopic (exact) mass is 247 g/mol. The highest BCUT2D eigenvalue weighted by Gasteiger charge is 2.31. The molecule has 1 aliphatic rings. The van der Waals surface area contributed by atoms with Crippen LogP contribution in [-0.4, -0.2) is 31.2 Å². The summed E-state index contributed by atoms with van der Waals surface area (Å²) in [5.74, 6) is 1.53. The molecule has 0 spiro atoms. The molecule has 1 saturated heterocycles. The normalized spacial score (nSPS) is 24.6. The van der Waals surface area contributed by atoms with Crippen LogP contribution in [-0.2, 0) is 11.3 Å². The Morgan fingerprint density at radius 1 is 1.11 bits per heavy atom. The van der Waals surface area contributed by atoms with E-state index < -0.39 is 0 Å². The molecule has 0 aliphatic carbocycles. The molecule has 0 N–H and O–H groups in total. The fourth-order valence-electron chi connectivity index (χ4n) is 2.93. The van der Waals surface area contributed by atoms with Gasteiger partial charge in [0, 0.05) is 26.2 Å². The van der Waals surface area contributed by atoms with Gasteiger partial charge in [-0.25, -0.2) is 0 Å². The molecule has 1 aromatic carbocycles. The molecule has 2 rings (SSSR count). The van der Waals surface area contributed by atoms with E-state index >= 15 is 0 Å². The first-order chi connectivity index (χ1) is 8.83.